The molecule has 0 radical (unpaired) electrons. The van der Waals surface area contributed by atoms with Crippen LogP contribution in [-0.4, -0.2) is 38.5 Å². The average molecular weight is 201 g/mol. The second kappa shape index (κ2) is 5.69. The molecule has 0 bridgehead atoms. The summed E-state index contributed by atoms with van der Waals surface area (Å²) in [6.07, 6.45) is 4.32. The standard InChI is InChI=1S/C11H23NO2/c1-8(9(2)13-3)12-10-6-5-7-11(10)14-4/h8-12H,5-7H2,1-4H3. The minimum absolute atomic E-state index is 0.258. The molecule has 0 aromatic heterocycles. The number of ether oxygens (including phenoxy) is 2. The summed E-state index contributed by atoms with van der Waals surface area (Å²) in [6.45, 7) is 4.26. The largest absolute Gasteiger partial charge is 0.380 e. The average Bonchev–Trinajstić information content (AvgIpc) is 2.63. The van der Waals surface area contributed by atoms with Crippen LogP contribution in [0.25, 0.3) is 0 Å². The van der Waals surface area contributed by atoms with E-state index in [-0.39, 0.29) is 6.10 Å². The van der Waals surface area contributed by atoms with Gasteiger partial charge >= 0.3 is 0 Å². The Morgan fingerprint density at radius 3 is 2.50 bits per heavy atom. The van der Waals surface area contributed by atoms with E-state index in [9.17, 15) is 0 Å². The predicted octanol–water partition coefficient (Wildman–Crippen LogP) is 1.57. The van der Waals surface area contributed by atoms with E-state index in [1.165, 1.54) is 19.3 Å². The Morgan fingerprint density at radius 2 is 1.93 bits per heavy atom. The third-order valence-electron chi connectivity index (χ3n) is 3.31. The Labute approximate surface area is 87.2 Å². The molecule has 0 aliphatic heterocycles. The lowest BCUT2D eigenvalue weighted by Crippen LogP contribution is -2.46. The van der Waals surface area contributed by atoms with Crippen molar-refractivity contribution in [3.05, 3.63) is 0 Å². The Morgan fingerprint density at radius 1 is 1.21 bits per heavy atom. The quantitative estimate of drug-likeness (QED) is 0.732. The lowest BCUT2D eigenvalue weighted by Gasteiger charge is -2.27. The van der Waals surface area contributed by atoms with Gasteiger partial charge in [-0.2, -0.15) is 0 Å². The zero-order valence-corrected chi connectivity index (χ0v) is 9.75. The van der Waals surface area contributed by atoms with Gasteiger partial charge in [-0.3, -0.25) is 0 Å². The minimum atomic E-state index is 0.258. The van der Waals surface area contributed by atoms with Gasteiger partial charge in [0, 0.05) is 26.3 Å². The van der Waals surface area contributed by atoms with Crippen molar-refractivity contribution in [1.82, 2.24) is 5.32 Å². The van der Waals surface area contributed by atoms with Crippen LogP contribution >= 0.6 is 0 Å². The van der Waals surface area contributed by atoms with Gasteiger partial charge in [0.05, 0.1) is 12.2 Å². The molecule has 0 amide bonds. The van der Waals surface area contributed by atoms with E-state index in [4.69, 9.17) is 9.47 Å². The molecule has 0 aromatic rings. The first-order valence-electron chi connectivity index (χ1n) is 5.50. The molecular formula is C11H23NO2. The van der Waals surface area contributed by atoms with Gasteiger partial charge in [0.1, 0.15) is 0 Å². The van der Waals surface area contributed by atoms with Crippen molar-refractivity contribution in [3.8, 4) is 0 Å². The highest BCUT2D eigenvalue weighted by Gasteiger charge is 2.28. The molecule has 4 atom stereocenters. The van der Waals surface area contributed by atoms with Crippen LogP contribution in [0.1, 0.15) is 33.1 Å². The van der Waals surface area contributed by atoms with Crippen LogP contribution in [0.15, 0.2) is 0 Å². The van der Waals surface area contributed by atoms with Crippen molar-refractivity contribution in [3.63, 3.8) is 0 Å². The van der Waals surface area contributed by atoms with Gasteiger partial charge < -0.3 is 14.8 Å². The third-order valence-corrected chi connectivity index (χ3v) is 3.31. The van der Waals surface area contributed by atoms with Crippen LogP contribution in [0.3, 0.4) is 0 Å². The van der Waals surface area contributed by atoms with Crippen molar-refractivity contribution >= 4 is 0 Å². The maximum atomic E-state index is 5.43. The van der Waals surface area contributed by atoms with Gasteiger partial charge in [-0.15, -0.1) is 0 Å². The molecule has 1 saturated carbocycles. The van der Waals surface area contributed by atoms with Crippen LogP contribution in [0.5, 0.6) is 0 Å². The van der Waals surface area contributed by atoms with Gasteiger partial charge in [-0.1, -0.05) is 0 Å². The molecule has 1 N–H and O–H groups in total. The Hall–Kier alpha value is -0.120. The normalized spacial score (nSPS) is 31.7. The number of nitrogens with one attached hydrogen (secondary N) is 1. The van der Waals surface area contributed by atoms with Gasteiger partial charge in [0.15, 0.2) is 0 Å². The summed E-state index contributed by atoms with van der Waals surface area (Å²) in [5, 5.41) is 3.58. The van der Waals surface area contributed by atoms with E-state index in [1.807, 2.05) is 0 Å². The van der Waals surface area contributed by atoms with Crippen molar-refractivity contribution in [2.75, 3.05) is 14.2 Å². The molecular weight excluding hydrogens is 178 g/mol. The number of hydrogen-bond donors (Lipinski definition) is 1. The first kappa shape index (κ1) is 12.0. The number of rotatable bonds is 5. The fraction of sp³-hybridized carbons (Fsp3) is 1.00. The molecule has 4 unspecified atom stereocenters. The highest BCUT2D eigenvalue weighted by Crippen LogP contribution is 2.22. The molecule has 1 aliphatic carbocycles. The highest BCUT2D eigenvalue weighted by atomic mass is 16.5. The molecule has 1 aliphatic rings. The molecule has 1 fully saturated rings. The van der Waals surface area contributed by atoms with E-state index in [1.54, 1.807) is 14.2 Å². The summed E-state index contributed by atoms with van der Waals surface area (Å²) in [6, 6.07) is 0.897. The molecule has 0 spiro atoms. The summed E-state index contributed by atoms with van der Waals surface area (Å²) in [5.41, 5.74) is 0. The molecule has 3 nitrogen and oxygen atoms in total. The zero-order chi connectivity index (χ0) is 10.6. The number of methoxy groups -OCH3 is 2. The van der Waals surface area contributed by atoms with Gasteiger partial charge in [-0.25, -0.2) is 0 Å². The van der Waals surface area contributed by atoms with Crippen LogP contribution < -0.4 is 5.32 Å². The third kappa shape index (κ3) is 2.94. The summed E-state index contributed by atoms with van der Waals surface area (Å²) in [4.78, 5) is 0. The van der Waals surface area contributed by atoms with Crippen LogP contribution in [0.4, 0.5) is 0 Å². The fourth-order valence-corrected chi connectivity index (χ4v) is 2.08. The van der Waals surface area contributed by atoms with Gasteiger partial charge in [0.2, 0.25) is 0 Å². The van der Waals surface area contributed by atoms with Crippen LogP contribution in [-0.2, 0) is 9.47 Å². The predicted molar refractivity (Wildman–Crippen MR) is 57.5 cm³/mol. The maximum absolute atomic E-state index is 5.43. The zero-order valence-electron chi connectivity index (χ0n) is 9.75. The monoisotopic (exact) mass is 201 g/mol. The minimum Gasteiger partial charge on any atom is -0.380 e. The van der Waals surface area contributed by atoms with E-state index < -0.39 is 0 Å². The van der Waals surface area contributed by atoms with Crippen molar-refractivity contribution in [2.24, 2.45) is 0 Å². The van der Waals surface area contributed by atoms with E-state index in [0.29, 0.717) is 18.2 Å². The Kier molecular flexibility index (Phi) is 4.85. The molecule has 0 aromatic carbocycles. The number of hydrogen-bond acceptors (Lipinski definition) is 3. The van der Waals surface area contributed by atoms with E-state index in [2.05, 4.69) is 19.2 Å². The van der Waals surface area contributed by atoms with Crippen LogP contribution in [0.2, 0.25) is 0 Å². The second-order valence-electron chi connectivity index (χ2n) is 4.21. The molecule has 3 heteroatoms. The molecule has 14 heavy (non-hydrogen) atoms. The Bertz CT molecular complexity index is 163. The summed E-state index contributed by atoms with van der Waals surface area (Å²) >= 11 is 0. The lowest BCUT2D eigenvalue weighted by molar-refractivity contribution is 0.0541. The van der Waals surface area contributed by atoms with Crippen molar-refractivity contribution < 1.29 is 9.47 Å². The van der Waals surface area contributed by atoms with Crippen molar-refractivity contribution in [2.45, 2.75) is 57.4 Å². The van der Waals surface area contributed by atoms with E-state index in [0.717, 1.165) is 0 Å². The Balaban J connectivity index is 2.35. The fourth-order valence-electron chi connectivity index (χ4n) is 2.08. The van der Waals surface area contributed by atoms with Crippen molar-refractivity contribution in [1.29, 1.82) is 0 Å². The molecule has 1 rings (SSSR count). The second-order valence-corrected chi connectivity index (χ2v) is 4.21. The topological polar surface area (TPSA) is 30.5 Å². The van der Waals surface area contributed by atoms with E-state index >= 15 is 0 Å². The SMILES string of the molecule is COC(C)C(C)NC1CCCC1OC. The van der Waals surface area contributed by atoms with Gasteiger partial charge in [-0.05, 0) is 33.1 Å². The van der Waals surface area contributed by atoms with Crippen LogP contribution in [0, 0.1) is 0 Å². The highest BCUT2D eigenvalue weighted by molar-refractivity contribution is 4.86. The molecule has 0 heterocycles. The maximum Gasteiger partial charge on any atom is 0.0724 e. The lowest BCUT2D eigenvalue weighted by atomic mass is 10.1. The first-order chi connectivity index (χ1) is 6.69. The molecule has 84 valence electrons. The molecule has 0 saturated heterocycles. The smallest absolute Gasteiger partial charge is 0.0724 e. The van der Waals surface area contributed by atoms with Gasteiger partial charge in [0.25, 0.3) is 0 Å². The summed E-state index contributed by atoms with van der Waals surface area (Å²) in [5.74, 6) is 0. The summed E-state index contributed by atoms with van der Waals surface area (Å²) in [7, 11) is 3.56. The summed E-state index contributed by atoms with van der Waals surface area (Å²) < 4.78 is 10.7. The first-order valence-corrected chi connectivity index (χ1v) is 5.50.